The van der Waals surface area contributed by atoms with E-state index < -0.39 is 11.9 Å². The van der Waals surface area contributed by atoms with E-state index in [1.807, 2.05) is 54.7 Å². The normalized spacial score (nSPS) is 14.6. The maximum Gasteiger partial charge on any atom is 0.252 e. The number of carbonyl (C=O) groups excluding carboxylic acids is 1. The first-order chi connectivity index (χ1) is 19.5. The zero-order valence-electron chi connectivity index (χ0n) is 20.8. The number of halogens is 2. The average molecular weight is 554 g/mol. The molecule has 198 valence electrons. The molecule has 7 rings (SSSR count). The third-order valence-corrected chi connectivity index (χ3v) is 7.43. The molecular formula is C29H21ClFN7O2. The Morgan fingerprint density at radius 2 is 1.95 bits per heavy atom. The highest BCUT2D eigenvalue weighted by Gasteiger charge is 2.35. The van der Waals surface area contributed by atoms with Gasteiger partial charge in [0.1, 0.15) is 12.1 Å². The molecule has 40 heavy (non-hydrogen) atoms. The predicted octanol–water partition coefficient (Wildman–Crippen LogP) is 5.11. The zero-order chi connectivity index (χ0) is 27.4. The summed E-state index contributed by atoms with van der Waals surface area (Å²) in [7, 11) is 0. The lowest BCUT2D eigenvalue weighted by Gasteiger charge is -2.19. The van der Waals surface area contributed by atoms with Crippen LogP contribution in [0.4, 0.5) is 15.9 Å². The molecule has 0 aliphatic carbocycles. The van der Waals surface area contributed by atoms with Crippen LogP contribution in [0.5, 0.6) is 0 Å². The van der Waals surface area contributed by atoms with E-state index in [1.54, 1.807) is 9.20 Å². The second-order valence-corrected chi connectivity index (χ2v) is 9.88. The summed E-state index contributed by atoms with van der Waals surface area (Å²) in [5.41, 5.74) is 5.24. The number of para-hydroxylation sites is 1. The summed E-state index contributed by atoms with van der Waals surface area (Å²) in [4.78, 5) is 17.6. The van der Waals surface area contributed by atoms with Crippen molar-refractivity contribution in [2.45, 2.75) is 12.6 Å². The minimum Gasteiger partial charge on any atom is -0.394 e. The van der Waals surface area contributed by atoms with Gasteiger partial charge in [0.25, 0.3) is 5.91 Å². The first kappa shape index (κ1) is 24.3. The van der Waals surface area contributed by atoms with Crippen molar-refractivity contribution in [3.63, 3.8) is 0 Å². The summed E-state index contributed by atoms with van der Waals surface area (Å²) in [5, 5.41) is 26.1. The molecule has 1 aliphatic rings. The molecule has 0 bridgehead atoms. The van der Waals surface area contributed by atoms with Crippen LogP contribution in [0, 0.1) is 5.82 Å². The van der Waals surface area contributed by atoms with Crippen LogP contribution in [0.15, 0.2) is 79.3 Å². The molecule has 6 aromatic rings. The topological polar surface area (TPSA) is 109 Å². The van der Waals surface area contributed by atoms with Crippen molar-refractivity contribution in [2.24, 2.45) is 0 Å². The molecule has 3 N–H and O–H groups in total. The number of nitrogens with zero attached hydrogens (tertiary/aromatic N) is 5. The summed E-state index contributed by atoms with van der Waals surface area (Å²) in [6.07, 6.45) is 3.32. The van der Waals surface area contributed by atoms with E-state index in [9.17, 15) is 14.3 Å². The number of aromatic nitrogens is 5. The van der Waals surface area contributed by atoms with Gasteiger partial charge in [-0.2, -0.15) is 10.2 Å². The molecule has 3 aromatic heterocycles. The number of amides is 1. The van der Waals surface area contributed by atoms with Crippen LogP contribution >= 0.6 is 11.6 Å². The molecule has 1 atom stereocenters. The summed E-state index contributed by atoms with van der Waals surface area (Å²) < 4.78 is 17.7. The van der Waals surface area contributed by atoms with Crippen LogP contribution in [-0.2, 0) is 6.54 Å². The quantitative estimate of drug-likeness (QED) is 0.264. The lowest BCUT2D eigenvalue weighted by Crippen LogP contribution is -2.20. The molecule has 1 amide bonds. The number of anilines is 2. The highest BCUT2D eigenvalue weighted by molar-refractivity contribution is 6.31. The van der Waals surface area contributed by atoms with Crippen LogP contribution in [0.25, 0.3) is 27.7 Å². The van der Waals surface area contributed by atoms with Crippen LogP contribution in [0.2, 0.25) is 5.02 Å². The van der Waals surface area contributed by atoms with E-state index in [1.165, 1.54) is 24.5 Å². The Morgan fingerprint density at radius 3 is 2.83 bits per heavy atom. The highest BCUT2D eigenvalue weighted by atomic mass is 35.5. The van der Waals surface area contributed by atoms with Crippen LogP contribution < -0.4 is 10.6 Å². The maximum atomic E-state index is 14.3. The monoisotopic (exact) mass is 553 g/mol. The molecule has 4 heterocycles. The van der Waals surface area contributed by atoms with E-state index in [4.69, 9.17) is 16.7 Å². The van der Waals surface area contributed by atoms with Gasteiger partial charge in [0.05, 0.1) is 24.7 Å². The van der Waals surface area contributed by atoms with Gasteiger partial charge in [-0.05, 0) is 60.2 Å². The Bertz CT molecular complexity index is 1950. The number of benzene rings is 3. The Kier molecular flexibility index (Phi) is 5.72. The molecule has 0 spiro atoms. The zero-order valence-corrected chi connectivity index (χ0v) is 21.6. The van der Waals surface area contributed by atoms with Gasteiger partial charge in [0, 0.05) is 44.5 Å². The molecular weight excluding hydrogens is 533 g/mol. The van der Waals surface area contributed by atoms with Crippen molar-refractivity contribution >= 4 is 45.6 Å². The first-order valence-electron chi connectivity index (χ1n) is 12.6. The fourth-order valence-corrected chi connectivity index (χ4v) is 5.50. The number of carbonyl (C=O) groups is 1. The number of nitrogens with one attached hydrogen (secondary N) is 2. The summed E-state index contributed by atoms with van der Waals surface area (Å²) >= 11 is 6.50. The molecule has 0 saturated carbocycles. The molecule has 0 fully saturated rings. The fraction of sp³-hybridized carbons (Fsp3) is 0.103. The number of hydrogen-bond donors (Lipinski definition) is 3. The molecule has 9 nitrogen and oxygen atoms in total. The van der Waals surface area contributed by atoms with Gasteiger partial charge in [-0.15, -0.1) is 0 Å². The largest absolute Gasteiger partial charge is 0.394 e. The van der Waals surface area contributed by atoms with Crippen molar-refractivity contribution in [3.05, 3.63) is 107 Å². The maximum absolute atomic E-state index is 14.3. The van der Waals surface area contributed by atoms with Crippen molar-refractivity contribution < 1.29 is 14.3 Å². The van der Waals surface area contributed by atoms with Crippen molar-refractivity contribution in [1.29, 1.82) is 0 Å². The van der Waals surface area contributed by atoms with E-state index in [-0.39, 0.29) is 12.5 Å². The average Bonchev–Trinajstić information content (AvgIpc) is 3.66. The van der Waals surface area contributed by atoms with Gasteiger partial charge in [-0.3, -0.25) is 9.48 Å². The van der Waals surface area contributed by atoms with E-state index >= 15 is 0 Å². The fourth-order valence-electron chi connectivity index (χ4n) is 5.27. The summed E-state index contributed by atoms with van der Waals surface area (Å²) in [6, 6.07) is 18.6. The molecule has 1 unspecified atom stereocenters. The lowest BCUT2D eigenvalue weighted by molar-refractivity contribution is 0.0960. The van der Waals surface area contributed by atoms with Gasteiger partial charge >= 0.3 is 0 Å². The van der Waals surface area contributed by atoms with Crippen molar-refractivity contribution in [2.75, 3.05) is 11.9 Å². The smallest absolute Gasteiger partial charge is 0.252 e. The summed E-state index contributed by atoms with van der Waals surface area (Å²) in [6.45, 7) is 0.249. The Morgan fingerprint density at radius 1 is 1.07 bits per heavy atom. The van der Waals surface area contributed by atoms with E-state index in [2.05, 4.69) is 20.7 Å². The molecule has 3 aromatic carbocycles. The Balaban J connectivity index is 1.44. The van der Waals surface area contributed by atoms with Gasteiger partial charge in [0.2, 0.25) is 0 Å². The first-order valence-corrected chi connectivity index (χ1v) is 12.9. The van der Waals surface area contributed by atoms with Gasteiger partial charge in [0.15, 0.2) is 11.5 Å². The standard InChI is InChI=1S/C29H21ClFN7O2/c30-22-7-6-18(31)13-20(22)27-26-21(29(40)35-27)11-17(16-5-8-25-32-15-33-38(25)14-16)12-23(26)34-28-19-3-1-2-4-24(19)37(36-28)9-10-39/h1-8,11-15,27,39H,9-10H2,(H,34,36)(H,35,40). The molecule has 0 radical (unpaired) electrons. The number of hydrogen-bond acceptors (Lipinski definition) is 6. The number of rotatable bonds is 6. The summed E-state index contributed by atoms with van der Waals surface area (Å²) in [5.74, 6) is -0.204. The Labute approximate surface area is 231 Å². The third-order valence-electron chi connectivity index (χ3n) is 7.09. The van der Waals surface area contributed by atoms with Gasteiger partial charge < -0.3 is 15.7 Å². The second-order valence-electron chi connectivity index (χ2n) is 9.48. The molecule has 1 aliphatic heterocycles. The lowest BCUT2D eigenvalue weighted by atomic mass is 9.93. The SMILES string of the molecule is O=C1NC(c2cc(F)ccc2Cl)c2c(Nc3nn(CCO)c4ccccc34)cc(-c3ccc4ncnn4c3)cc21. The van der Waals surface area contributed by atoms with Crippen molar-refractivity contribution in [1.82, 2.24) is 29.7 Å². The number of fused-ring (bicyclic) bond motifs is 3. The number of pyridine rings is 1. The van der Waals surface area contributed by atoms with Crippen LogP contribution in [-0.4, -0.2) is 42.0 Å². The Hall–Kier alpha value is -4.80. The van der Waals surface area contributed by atoms with Gasteiger partial charge in [-0.1, -0.05) is 23.7 Å². The number of aliphatic hydroxyl groups excluding tert-OH is 1. The van der Waals surface area contributed by atoms with Crippen molar-refractivity contribution in [3.8, 4) is 11.1 Å². The van der Waals surface area contributed by atoms with Crippen LogP contribution in [0.1, 0.15) is 27.5 Å². The second kappa shape index (κ2) is 9.44. The van der Waals surface area contributed by atoms with Crippen LogP contribution in [0.3, 0.4) is 0 Å². The van der Waals surface area contributed by atoms with Gasteiger partial charge in [-0.25, -0.2) is 13.9 Å². The minimum atomic E-state index is -0.689. The van der Waals surface area contributed by atoms with E-state index in [0.717, 1.165) is 22.0 Å². The third kappa shape index (κ3) is 3.96. The predicted molar refractivity (Wildman–Crippen MR) is 149 cm³/mol. The molecule has 0 saturated heterocycles. The highest BCUT2D eigenvalue weighted by Crippen LogP contribution is 2.43. The molecule has 11 heteroatoms. The minimum absolute atomic E-state index is 0.0701. The number of aliphatic hydroxyl groups is 1. The van der Waals surface area contributed by atoms with E-state index in [0.29, 0.717) is 45.4 Å².